The van der Waals surface area contributed by atoms with Crippen LogP contribution in [0.2, 0.25) is 0 Å². The second-order valence-electron chi connectivity index (χ2n) is 12.3. The number of carbonyl (C=O) groups excluding carboxylic acids is 2. The fraction of sp³-hybridized carbons (Fsp3) is 0.378. The van der Waals surface area contributed by atoms with Gasteiger partial charge in [-0.15, -0.1) is 11.8 Å². The summed E-state index contributed by atoms with van der Waals surface area (Å²) in [7, 11) is 0. The minimum absolute atomic E-state index is 0.0300. The third kappa shape index (κ3) is 4.81. The number of benzene rings is 2. The fourth-order valence-electron chi connectivity index (χ4n) is 8.01. The monoisotopic (exact) mass is 605 g/mol. The molecule has 1 fully saturated rings. The number of carbonyl (C=O) groups is 2. The lowest BCUT2D eigenvalue weighted by atomic mass is 9.72. The highest BCUT2D eigenvalue weighted by Crippen LogP contribution is 2.50. The lowest BCUT2D eigenvalue weighted by molar-refractivity contribution is -0.116. The van der Waals surface area contributed by atoms with Crippen LogP contribution in [0.15, 0.2) is 78.0 Å². The average molecular weight is 606 g/mol. The van der Waals surface area contributed by atoms with E-state index in [1.165, 1.54) is 47.6 Å². The van der Waals surface area contributed by atoms with E-state index < -0.39 is 5.92 Å². The van der Waals surface area contributed by atoms with Crippen molar-refractivity contribution in [1.29, 1.82) is 0 Å². The van der Waals surface area contributed by atoms with Gasteiger partial charge in [0.05, 0.1) is 12.1 Å². The van der Waals surface area contributed by atoms with Gasteiger partial charge in [-0.2, -0.15) is 0 Å². The maximum absolute atomic E-state index is 13.7. The molecule has 2 N–H and O–H groups in total. The molecule has 0 bridgehead atoms. The molecule has 4 aliphatic rings. The van der Waals surface area contributed by atoms with Gasteiger partial charge in [0.2, 0.25) is 0 Å². The van der Waals surface area contributed by atoms with E-state index in [1.807, 2.05) is 13.0 Å². The Bertz CT molecular complexity index is 1700. The van der Waals surface area contributed by atoms with Gasteiger partial charge >= 0.3 is 0 Å². The smallest absolute Gasteiger partial charge is 0.179 e. The van der Waals surface area contributed by atoms with Crippen molar-refractivity contribution in [2.24, 2.45) is 5.92 Å². The van der Waals surface area contributed by atoms with E-state index in [-0.39, 0.29) is 29.1 Å². The first-order chi connectivity index (χ1) is 21.6. The van der Waals surface area contributed by atoms with Crippen LogP contribution < -0.4 is 5.32 Å². The molecule has 6 nitrogen and oxygen atoms in total. The minimum Gasteiger partial charge on any atom is -0.393 e. The number of ketones is 2. The van der Waals surface area contributed by atoms with Crippen LogP contribution in [0.5, 0.6) is 0 Å². The fourth-order valence-corrected chi connectivity index (χ4v) is 8.88. The number of anilines is 1. The molecule has 44 heavy (non-hydrogen) atoms. The van der Waals surface area contributed by atoms with Crippen molar-refractivity contribution in [1.82, 2.24) is 9.88 Å². The molecule has 2 heterocycles. The highest BCUT2D eigenvalue weighted by molar-refractivity contribution is 8.02. The van der Waals surface area contributed by atoms with Gasteiger partial charge in [-0.3, -0.25) is 9.59 Å². The van der Waals surface area contributed by atoms with E-state index in [1.54, 1.807) is 36.2 Å². The number of aromatic nitrogens is 1. The Labute approximate surface area is 263 Å². The van der Waals surface area contributed by atoms with Crippen LogP contribution in [0.25, 0.3) is 16.3 Å². The van der Waals surface area contributed by atoms with Gasteiger partial charge in [0.1, 0.15) is 17.1 Å². The molecule has 0 spiro atoms. The lowest BCUT2D eigenvalue weighted by Gasteiger charge is -2.46. The van der Waals surface area contributed by atoms with Gasteiger partial charge in [-0.1, -0.05) is 62.1 Å². The third-order valence-corrected chi connectivity index (χ3v) is 11.0. The normalized spacial score (nSPS) is 22.6. The molecule has 2 atom stereocenters. The van der Waals surface area contributed by atoms with Crippen LogP contribution in [0.4, 0.5) is 5.82 Å². The maximum Gasteiger partial charge on any atom is 0.179 e. The van der Waals surface area contributed by atoms with Crippen molar-refractivity contribution in [3.8, 4) is 0 Å². The molecule has 0 radical (unpaired) electrons. The summed E-state index contributed by atoms with van der Waals surface area (Å²) < 4.78 is 0. The number of fused-ring (bicyclic) bond motifs is 4. The average Bonchev–Trinajstić information content (AvgIpc) is 3.41. The number of hydrogen-bond acceptors (Lipinski definition) is 7. The van der Waals surface area contributed by atoms with E-state index in [9.17, 15) is 14.7 Å². The van der Waals surface area contributed by atoms with Crippen LogP contribution >= 0.6 is 11.8 Å². The van der Waals surface area contributed by atoms with Crippen molar-refractivity contribution in [2.45, 2.75) is 69.2 Å². The van der Waals surface area contributed by atoms with E-state index in [4.69, 9.17) is 0 Å². The number of aryl methyl sites for hydroxylation is 1. The van der Waals surface area contributed by atoms with E-state index >= 15 is 0 Å². The summed E-state index contributed by atoms with van der Waals surface area (Å²) in [6.45, 7) is 2.87. The van der Waals surface area contributed by atoms with Gasteiger partial charge < -0.3 is 15.3 Å². The molecule has 0 amide bonds. The maximum atomic E-state index is 13.7. The second kappa shape index (κ2) is 12.0. The van der Waals surface area contributed by atoms with Gasteiger partial charge in [-0.25, -0.2) is 4.98 Å². The molecular weight excluding hydrogens is 566 g/mol. The SMILES string of the molecule is CCNc1ccc(C(=O)C2C(=O)C=CC3=C2CCc2c3ccc3c(C4(N5C=CSC5CO)CCCCCC4)cccc23)cn1. The van der Waals surface area contributed by atoms with Crippen molar-refractivity contribution >= 4 is 45.5 Å². The first-order valence-electron chi connectivity index (χ1n) is 16.0. The summed E-state index contributed by atoms with van der Waals surface area (Å²) in [5, 5.41) is 18.1. The molecule has 3 aliphatic carbocycles. The molecule has 2 unspecified atom stereocenters. The Kier molecular flexibility index (Phi) is 7.93. The zero-order valence-corrected chi connectivity index (χ0v) is 26.0. The molecule has 0 saturated heterocycles. The van der Waals surface area contributed by atoms with Crippen molar-refractivity contribution in [3.05, 3.63) is 100 Å². The number of nitrogens with one attached hydrogen (secondary N) is 1. The number of aliphatic hydroxyl groups is 1. The molecule has 7 rings (SSSR count). The Morgan fingerprint density at radius 3 is 2.64 bits per heavy atom. The molecular formula is C37H39N3O3S. The summed E-state index contributed by atoms with van der Waals surface area (Å²) in [6, 6.07) is 14.8. The Balaban J connectivity index is 1.31. The molecule has 7 heteroatoms. The number of aliphatic hydroxyl groups excluding tert-OH is 1. The number of allylic oxidation sites excluding steroid dienone is 4. The zero-order valence-electron chi connectivity index (χ0n) is 25.2. The molecule has 1 saturated carbocycles. The van der Waals surface area contributed by atoms with Gasteiger partial charge in [0.25, 0.3) is 0 Å². The van der Waals surface area contributed by atoms with E-state index in [0.717, 1.165) is 42.5 Å². The number of Topliss-reactive ketones (excluding diaryl/α,β-unsaturated/α-hetero) is 1. The standard InChI is InChI=1S/C37H39N3O3S/c1-2-38-33-17-10-24(22-39-33)36(43)35-30-14-12-26-25-8-7-9-31(29(25)13-11-27(26)28(30)15-16-32(35)42)37(18-5-3-4-6-19-37)40-20-21-44-34(40)23-41/h7-11,13,15-17,20-22,34-35,41H,2-6,12,14,18-19,23H2,1H3,(H,38,39). The van der Waals surface area contributed by atoms with Crippen molar-refractivity contribution in [3.63, 3.8) is 0 Å². The quantitative estimate of drug-likeness (QED) is 0.165. The highest BCUT2D eigenvalue weighted by atomic mass is 32.2. The van der Waals surface area contributed by atoms with Gasteiger partial charge in [-0.05, 0) is 94.8 Å². The summed E-state index contributed by atoms with van der Waals surface area (Å²) in [4.78, 5) is 33.8. The lowest BCUT2D eigenvalue weighted by Crippen LogP contribution is -2.47. The van der Waals surface area contributed by atoms with Gasteiger partial charge in [0, 0.05) is 24.5 Å². The minimum atomic E-state index is -0.805. The summed E-state index contributed by atoms with van der Waals surface area (Å²) >= 11 is 1.71. The van der Waals surface area contributed by atoms with Crippen molar-refractivity contribution in [2.75, 3.05) is 18.5 Å². The summed E-state index contributed by atoms with van der Waals surface area (Å²) in [5.74, 6) is -0.421. The van der Waals surface area contributed by atoms with Crippen LogP contribution in [-0.2, 0) is 16.8 Å². The van der Waals surface area contributed by atoms with Crippen molar-refractivity contribution < 1.29 is 14.7 Å². The Morgan fingerprint density at radius 1 is 1.05 bits per heavy atom. The summed E-state index contributed by atoms with van der Waals surface area (Å²) in [6.07, 6.45) is 15.7. The number of thioether (sulfide) groups is 1. The zero-order chi connectivity index (χ0) is 30.3. The predicted octanol–water partition coefficient (Wildman–Crippen LogP) is 7.39. The predicted molar refractivity (Wildman–Crippen MR) is 178 cm³/mol. The summed E-state index contributed by atoms with van der Waals surface area (Å²) in [5.41, 5.74) is 5.99. The Morgan fingerprint density at radius 2 is 1.89 bits per heavy atom. The highest BCUT2D eigenvalue weighted by Gasteiger charge is 2.43. The molecule has 3 aromatic rings. The number of nitrogens with zero attached hydrogens (tertiary/aromatic N) is 2. The van der Waals surface area contributed by atoms with E-state index in [2.05, 4.69) is 57.1 Å². The topological polar surface area (TPSA) is 82.5 Å². The number of pyridine rings is 1. The van der Waals surface area contributed by atoms with Crippen LogP contribution in [0.3, 0.4) is 0 Å². The third-order valence-electron chi connectivity index (χ3n) is 10.0. The Hall–Kier alpha value is -3.68. The molecule has 1 aromatic heterocycles. The molecule has 1 aliphatic heterocycles. The molecule has 226 valence electrons. The van der Waals surface area contributed by atoms with Crippen LogP contribution in [-0.4, -0.2) is 45.1 Å². The van der Waals surface area contributed by atoms with Gasteiger partial charge in [0.15, 0.2) is 11.6 Å². The van der Waals surface area contributed by atoms with E-state index in [0.29, 0.717) is 17.8 Å². The number of hydrogen-bond donors (Lipinski definition) is 2. The molecule has 2 aromatic carbocycles. The number of rotatable bonds is 7. The first kappa shape index (κ1) is 29.1. The van der Waals surface area contributed by atoms with Crippen LogP contribution in [0, 0.1) is 5.92 Å². The largest absolute Gasteiger partial charge is 0.393 e. The second-order valence-corrected chi connectivity index (χ2v) is 13.4. The van der Waals surface area contributed by atoms with Crippen LogP contribution in [0.1, 0.15) is 78.9 Å². The first-order valence-corrected chi connectivity index (χ1v) is 17.0.